The van der Waals surface area contributed by atoms with Crippen LogP contribution in [0.2, 0.25) is 0 Å². The van der Waals surface area contributed by atoms with Gasteiger partial charge < -0.3 is 18.9 Å². The molecule has 2 aliphatic heterocycles. The van der Waals surface area contributed by atoms with Crippen molar-refractivity contribution in [2.24, 2.45) is 10.9 Å². The fourth-order valence-corrected chi connectivity index (χ4v) is 4.68. The summed E-state index contributed by atoms with van der Waals surface area (Å²) in [6, 6.07) is 7.58. The van der Waals surface area contributed by atoms with Crippen molar-refractivity contribution < 1.29 is 23.7 Å². The molecule has 0 bridgehead atoms. The highest BCUT2D eigenvalue weighted by Gasteiger charge is 2.48. The van der Waals surface area contributed by atoms with E-state index in [0.29, 0.717) is 11.8 Å². The van der Waals surface area contributed by atoms with Crippen LogP contribution in [-0.4, -0.2) is 59.6 Å². The Hall–Kier alpha value is -2.03. The Morgan fingerprint density at radius 3 is 2.58 bits per heavy atom. The number of fused-ring (bicyclic) bond motifs is 1. The summed E-state index contributed by atoms with van der Waals surface area (Å²) < 4.78 is 23.2. The minimum Gasteiger partial charge on any atom is -0.497 e. The lowest BCUT2D eigenvalue weighted by Gasteiger charge is -2.40. The van der Waals surface area contributed by atoms with Gasteiger partial charge in [0, 0.05) is 13.0 Å². The summed E-state index contributed by atoms with van der Waals surface area (Å²) in [5, 5.41) is 0.569. The van der Waals surface area contributed by atoms with Crippen molar-refractivity contribution in [3.05, 3.63) is 42.5 Å². The fourth-order valence-electron chi connectivity index (χ4n) is 3.51. The van der Waals surface area contributed by atoms with Crippen LogP contribution in [0.3, 0.4) is 0 Å². The molecule has 1 saturated heterocycles. The topological polar surface area (TPSA) is 69.6 Å². The lowest BCUT2D eigenvalue weighted by molar-refractivity contribution is -0.121. The van der Waals surface area contributed by atoms with Gasteiger partial charge in [0.25, 0.3) is 0 Å². The average Bonchev–Trinajstić information content (AvgIpc) is 3.15. The van der Waals surface area contributed by atoms with Gasteiger partial charge in [0.05, 0.1) is 25.9 Å². The Balaban J connectivity index is 1.75. The van der Waals surface area contributed by atoms with Gasteiger partial charge in [0.2, 0.25) is 0 Å². The number of ether oxygens (including phenoxy) is 4. The van der Waals surface area contributed by atoms with Crippen molar-refractivity contribution >= 4 is 23.0 Å². The van der Waals surface area contributed by atoms with Crippen LogP contribution < -0.4 is 4.74 Å². The molecule has 0 unspecified atom stereocenters. The van der Waals surface area contributed by atoms with Crippen LogP contribution in [0, 0.1) is 5.92 Å². The Morgan fingerprint density at radius 2 is 2.00 bits per heavy atom. The molecule has 1 aromatic carbocycles. The second kappa shape index (κ2) is 9.63. The van der Waals surface area contributed by atoms with Crippen molar-refractivity contribution in [2.45, 2.75) is 63.6 Å². The molecule has 3 rings (SSSR count). The number of amidine groups is 1. The quantitative estimate of drug-likeness (QED) is 0.619. The molecule has 0 radical (unpaired) electrons. The highest BCUT2D eigenvalue weighted by Crippen LogP contribution is 2.41. The fraction of sp³-hybridized carbons (Fsp3) is 0.565. The normalized spacial score (nSPS) is 27.8. The number of aliphatic imine (C=N–C) groups is 1. The Morgan fingerprint density at radius 1 is 1.32 bits per heavy atom. The summed E-state index contributed by atoms with van der Waals surface area (Å²) in [5.74, 6) is 0.870. The number of carbonyl (C=O) groups is 1. The molecular weight excluding hydrogens is 416 g/mol. The zero-order chi connectivity index (χ0) is 22.8. The second-order valence-electron chi connectivity index (χ2n) is 8.75. The van der Waals surface area contributed by atoms with Gasteiger partial charge in [0.1, 0.15) is 22.8 Å². The third-order valence-corrected chi connectivity index (χ3v) is 6.42. The lowest BCUT2D eigenvalue weighted by atomic mass is 9.90. The largest absolute Gasteiger partial charge is 0.497 e. The van der Waals surface area contributed by atoms with Gasteiger partial charge in [-0.15, -0.1) is 6.58 Å². The van der Waals surface area contributed by atoms with Gasteiger partial charge in [-0.2, -0.15) is 0 Å². The predicted molar refractivity (Wildman–Crippen MR) is 122 cm³/mol. The first-order valence-electron chi connectivity index (χ1n) is 10.4. The van der Waals surface area contributed by atoms with E-state index in [4.69, 9.17) is 23.9 Å². The molecule has 0 N–H and O–H groups in total. The number of benzene rings is 1. The Bertz CT molecular complexity index is 820. The zero-order valence-electron chi connectivity index (χ0n) is 19.0. The third-order valence-electron chi connectivity index (χ3n) is 5.21. The van der Waals surface area contributed by atoms with Crippen LogP contribution in [0.1, 0.15) is 33.3 Å². The van der Waals surface area contributed by atoms with Gasteiger partial charge in [-0.05, 0) is 38.5 Å². The van der Waals surface area contributed by atoms with Crippen LogP contribution >= 0.6 is 11.8 Å². The van der Waals surface area contributed by atoms with E-state index >= 15 is 0 Å². The average molecular weight is 449 g/mol. The minimum atomic E-state index is -0.578. The SMILES string of the molecule is C=C[C@H]1O[C@@H]2SC(N(C)C(=O)OC(C)(C)C)=N[C@@H]2[C@@H](OCc2ccc(OC)cc2)[C@@H]1C. The third kappa shape index (κ3) is 5.61. The monoisotopic (exact) mass is 448 g/mol. The van der Waals surface area contributed by atoms with E-state index in [0.717, 1.165) is 11.3 Å². The summed E-state index contributed by atoms with van der Waals surface area (Å²) in [7, 11) is 3.31. The molecule has 0 saturated carbocycles. The number of methoxy groups -OCH3 is 1. The number of nitrogens with zero attached hydrogens (tertiary/aromatic N) is 2. The van der Waals surface area contributed by atoms with E-state index in [-0.39, 0.29) is 29.6 Å². The maximum absolute atomic E-state index is 12.5. The van der Waals surface area contributed by atoms with Crippen LogP contribution in [0.25, 0.3) is 0 Å². The first-order valence-corrected chi connectivity index (χ1v) is 11.2. The molecule has 0 aromatic heterocycles. The van der Waals surface area contributed by atoms with Crippen LogP contribution in [0.4, 0.5) is 4.79 Å². The molecule has 1 amide bonds. The highest BCUT2D eigenvalue weighted by molar-refractivity contribution is 8.14. The van der Waals surface area contributed by atoms with Crippen LogP contribution in [0.5, 0.6) is 5.75 Å². The van der Waals surface area contributed by atoms with Crippen LogP contribution in [0.15, 0.2) is 41.9 Å². The Kier molecular flexibility index (Phi) is 7.34. The molecule has 0 spiro atoms. The maximum Gasteiger partial charge on any atom is 0.416 e. The number of hydrogen-bond donors (Lipinski definition) is 0. The number of hydrogen-bond acceptors (Lipinski definition) is 7. The molecule has 31 heavy (non-hydrogen) atoms. The first-order chi connectivity index (χ1) is 14.6. The molecule has 2 aliphatic rings. The molecular formula is C23H32N2O5S. The van der Waals surface area contributed by atoms with Gasteiger partial charge in [0.15, 0.2) is 5.17 Å². The molecule has 2 heterocycles. The van der Waals surface area contributed by atoms with E-state index in [9.17, 15) is 4.79 Å². The summed E-state index contributed by atoms with van der Waals surface area (Å²) in [6.07, 6.45) is 1.03. The van der Waals surface area contributed by atoms with Gasteiger partial charge in [-0.3, -0.25) is 9.89 Å². The van der Waals surface area contributed by atoms with Crippen molar-refractivity contribution in [3.8, 4) is 5.75 Å². The predicted octanol–water partition coefficient (Wildman–Crippen LogP) is 4.47. The van der Waals surface area contributed by atoms with Crippen LogP contribution in [-0.2, 0) is 20.8 Å². The van der Waals surface area contributed by atoms with Gasteiger partial charge in [-0.25, -0.2) is 4.79 Å². The molecule has 0 aliphatic carbocycles. The summed E-state index contributed by atoms with van der Waals surface area (Å²) in [5.41, 5.74) is 0.220. The molecule has 8 heteroatoms. The van der Waals surface area contributed by atoms with Crippen molar-refractivity contribution in [2.75, 3.05) is 14.2 Å². The van der Waals surface area contributed by atoms with Crippen molar-refractivity contribution in [1.29, 1.82) is 0 Å². The smallest absolute Gasteiger partial charge is 0.416 e. The second-order valence-corrected chi connectivity index (χ2v) is 9.81. The number of amides is 1. The lowest BCUT2D eigenvalue weighted by Crippen LogP contribution is -2.50. The molecule has 1 aromatic rings. The highest BCUT2D eigenvalue weighted by atomic mass is 32.2. The van der Waals surface area contributed by atoms with E-state index in [1.807, 2.05) is 45.0 Å². The minimum absolute atomic E-state index is 0.0625. The molecule has 5 atom stereocenters. The maximum atomic E-state index is 12.5. The van der Waals surface area contributed by atoms with Crippen molar-refractivity contribution in [1.82, 2.24) is 4.90 Å². The standard InChI is InChI=1S/C23H32N2O5S/c1-8-17-14(2)19(28-13-15-9-11-16(27-7)12-10-15)18-20(29-17)31-21(24-18)25(6)22(26)30-23(3,4)5/h8-12,14,17-20H,1,13H2,2-7H3/t14-,17-,18-,19+,20-/m1/s1. The van der Waals surface area contributed by atoms with E-state index < -0.39 is 11.7 Å². The number of thioether (sulfide) groups is 1. The van der Waals surface area contributed by atoms with E-state index in [2.05, 4.69) is 13.5 Å². The first kappa shape index (κ1) is 23.6. The van der Waals surface area contributed by atoms with Crippen molar-refractivity contribution in [3.63, 3.8) is 0 Å². The molecule has 170 valence electrons. The Labute approximate surface area is 188 Å². The summed E-state index contributed by atoms with van der Waals surface area (Å²) in [6.45, 7) is 12.0. The van der Waals surface area contributed by atoms with Gasteiger partial charge >= 0.3 is 6.09 Å². The zero-order valence-corrected chi connectivity index (χ0v) is 19.8. The number of rotatable bonds is 5. The molecule has 1 fully saturated rings. The summed E-state index contributed by atoms with van der Waals surface area (Å²) >= 11 is 1.42. The number of carbonyl (C=O) groups excluding carboxylic acids is 1. The van der Waals surface area contributed by atoms with Gasteiger partial charge in [-0.1, -0.05) is 36.9 Å². The summed E-state index contributed by atoms with van der Waals surface area (Å²) in [4.78, 5) is 18.7. The van der Waals surface area contributed by atoms with E-state index in [1.54, 1.807) is 20.2 Å². The molecule has 7 nitrogen and oxygen atoms in total. The van der Waals surface area contributed by atoms with E-state index in [1.165, 1.54) is 16.7 Å².